The van der Waals surface area contributed by atoms with E-state index in [1.165, 1.54) is 24.8 Å². The van der Waals surface area contributed by atoms with Crippen LogP contribution in [0.5, 0.6) is 0 Å². The van der Waals surface area contributed by atoms with Crippen molar-refractivity contribution < 1.29 is 14.7 Å². The molecule has 0 aromatic rings. The molecule has 0 aromatic heterocycles. The second kappa shape index (κ2) is 6.78. The molecule has 130 valence electrons. The summed E-state index contributed by atoms with van der Waals surface area (Å²) in [6.45, 7) is 9.43. The Morgan fingerprint density at radius 3 is 2.74 bits per heavy atom. The van der Waals surface area contributed by atoms with Crippen molar-refractivity contribution in [1.29, 1.82) is 0 Å². The Bertz CT molecular complexity index is 495. The van der Waals surface area contributed by atoms with Gasteiger partial charge >= 0.3 is 5.97 Å². The van der Waals surface area contributed by atoms with Gasteiger partial charge in [0.25, 0.3) is 0 Å². The fourth-order valence-corrected chi connectivity index (χ4v) is 5.27. The second-order valence-electron chi connectivity index (χ2n) is 8.41. The third-order valence-corrected chi connectivity index (χ3v) is 7.28. The molecule has 2 aliphatic rings. The van der Waals surface area contributed by atoms with Gasteiger partial charge in [-0.05, 0) is 68.1 Å². The Morgan fingerprint density at radius 1 is 1.43 bits per heavy atom. The van der Waals surface area contributed by atoms with Gasteiger partial charge in [-0.25, -0.2) is 0 Å². The van der Waals surface area contributed by atoms with E-state index < -0.39 is 5.97 Å². The molecular weight excluding hydrogens is 288 g/mol. The minimum atomic E-state index is -0.870. The molecular formula is C20H32O3. The van der Waals surface area contributed by atoms with Crippen LogP contribution in [0.3, 0.4) is 0 Å². The smallest absolute Gasteiger partial charge is 0.304 e. The second-order valence-corrected chi connectivity index (χ2v) is 8.41. The maximum Gasteiger partial charge on any atom is 0.304 e. The standard InChI is InChI=1S/C20H32O3/c1-14-6-5-7-17-19(14,3)10-8-15(2)20(17,4)11-9-16(13-21)12-18(22)23/h6,13,15-17H,5,7-12H2,1-4H3,(H,22,23). The zero-order chi connectivity index (χ0) is 17.3. The van der Waals surface area contributed by atoms with Gasteiger partial charge in [0, 0.05) is 5.92 Å². The molecule has 0 bridgehead atoms. The molecule has 23 heavy (non-hydrogen) atoms. The summed E-state index contributed by atoms with van der Waals surface area (Å²) in [7, 11) is 0. The van der Waals surface area contributed by atoms with E-state index >= 15 is 0 Å². The highest BCUT2D eigenvalue weighted by molar-refractivity contribution is 5.71. The number of aldehydes is 1. The van der Waals surface area contributed by atoms with Crippen molar-refractivity contribution in [3.8, 4) is 0 Å². The first-order valence-corrected chi connectivity index (χ1v) is 9.08. The first-order chi connectivity index (χ1) is 10.7. The predicted molar refractivity (Wildman–Crippen MR) is 92.1 cm³/mol. The maximum atomic E-state index is 11.2. The fourth-order valence-electron chi connectivity index (χ4n) is 5.27. The highest BCUT2D eigenvalue weighted by atomic mass is 16.4. The normalized spacial score (nSPS) is 38.3. The minimum absolute atomic E-state index is 0.0329. The van der Waals surface area contributed by atoms with Gasteiger partial charge in [-0.15, -0.1) is 0 Å². The molecule has 3 nitrogen and oxygen atoms in total. The zero-order valence-corrected chi connectivity index (χ0v) is 15.1. The van der Waals surface area contributed by atoms with Crippen LogP contribution < -0.4 is 0 Å². The minimum Gasteiger partial charge on any atom is -0.481 e. The molecule has 5 atom stereocenters. The van der Waals surface area contributed by atoms with Crippen molar-refractivity contribution in [3.63, 3.8) is 0 Å². The molecule has 0 saturated heterocycles. The number of rotatable bonds is 6. The van der Waals surface area contributed by atoms with E-state index in [2.05, 4.69) is 33.8 Å². The number of allylic oxidation sites excluding steroid dienone is 2. The molecule has 1 fully saturated rings. The lowest BCUT2D eigenvalue weighted by Crippen LogP contribution is -2.49. The molecule has 0 aliphatic heterocycles. The van der Waals surface area contributed by atoms with Crippen LogP contribution in [-0.2, 0) is 9.59 Å². The molecule has 2 rings (SSSR count). The van der Waals surface area contributed by atoms with Gasteiger partial charge in [0.15, 0.2) is 0 Å². The molecule has 0 spiro atoms. The number of fused-ring (bicyclic) bond motifs is 1. The number of carboxylic acids is 1. The molecule has 0 amide bonds. The van der Waals surface area contributed by atoms with E-state index in [1.54, 1.807) is 0 Å². The molecule has 1 saturated carbocycles. The summed E-state index contributed by atoms with van der Waals surface area (Å²) in [6, 6.07) is 0. The van der Waals surface area contributed by atoms with Crippen LogP contribution in [-0.4, -0.2) is 17.4 Å². The third-order valence-electron chi connectivity index (χ3n) is 7.28. The largest absolute Gasteiger partial charge is 0.481 e. The molecule has 0 aromatic carbocycles. The third kappa shape index (κ3) is 3.39. The molecule has 0 heterocycles. The van der Waals surface area contributed by atoms with E-state index in [0.29, 0.717) is 18.3 Å². The van der Waals surface area contributed by atoms with Crippen molar-refractivity contribution in [2.45, 2.75) is 72.6 Å². The molecule has 0 radical (unpaired) electrons. The lowest BCUT2D eigenvalue weighted by atomic mass is 9.47. The van der Waals surface area contributed by atoms with Gasteiger partial charge in [0.2, 0.25) is 0 Å². The average molecular weight is 320 g/mol. The van der Waals surface area contributed by atoms with Gasteiger partial charge in [-0.1, -0.05) is 32.4 Å². The Labute approximate surface area is 140 Å². The highest BCUT2D eigenvalue weighted by Crippen LogP contribution is 2.61. The van der Waals surface area contributed by atoms with Crippen LogP contribution in [0.2, 0.25) is 0 Å². The zero-order valence-electron chi connectivity index (χ0n) is 15.1. The first-order valence-electron chi connectivity index (χ1n) is 9.08. The van der Waals surface area contributed by atoms with Crippen molar-refractivity contribution >= 4 is 12.3 Å². The van der Waals surface area contributed by atoms with E-state index in [4.69, 9.17) is 5.11 Å². The Kier molecular flexibility index (Phi) is 5.37. The van der Waals surface area contributed by atoms with E-state index in [0.717, 1.165) is 19.1 Å². The van der Waals surface area contributed by atoms with Gasteiger partial charge in [0.05, 0.1) is 6.42 Å². The highest BCUT2D eigenvalue weighted by Gasteiger charge is 2.52. The summed E-state index contributed by atoms with van der Waals surface area (Å²) >= 11 is 0. The van der Waals surface area contributed by atoms with Crippen molar-refractivity contribution in [2.24, 2.45) is 28.6 Å². The Morgan fingerprint density at radius 2 is 2.13 bits per heavy atom. The van der Waals surface area contributed by atoms with Gasteiger partial charge < -0.3 is 9.90 Å². The summed E-state index contributed by atoms with van der Waals surface area (Å²) in [5, 5.41) is 8.96. The SMILES string of the molecule is CC1=CCCC2C1(C)CCC(C)C2(C)CCC(C=O)CC(=O)O. The Balaban J connectivity index is 2.18. The van der Waals surface area contributed by atoms with Crippen LogP contribution in [0, 0.1) is 28.6 Å². The monoisotopic (exact) mass is 320 g/mol. The topological polar surface area (TPSA) is 54.4 Å². The number of carbonyl (C=O) groups is 2. The van der Waals surface area contributed by atoms with E-state index in [-0.39, 0.29) is 23.2 Å². The van der Waals surface area contributed by atoms with Gasteiger partial charge in [-0.3, -0.25) is 4.79 Å². The van der Waals surface area contributed by atoms with Crippen LogP contribution in [0.25, 0.3) is 0 Å². The lowest BCUT2D eigenvalue weighted by molar-refractivity contribution is -0.139. The van der Waals surface area contributed by atoms with Crippen LogP contribution in [0.4, 0.5) is 0 Å². The number of hydrogen-bond donors (Lipinski definition) is 1. The number of carbonyl (C=O) groups excluding carboxylic acids is 1. The fraction of sp³-hybridized carbons (Fsp3) is 0.800. The summed E-state index contributed by atoms with van der Waals surface area (Å²) in [6.07, 6.45) is 9.73. The summed E-state index contributed by atoms with van der Waals surface area (Å²) in [5.74, 6) is 0.0552. The predicted octanol–water partition coefficient (Wildman–Crippen LogP) is 4.86. The lowest BCUT2D eigenvalue weighted by Gasteiger charge is -2.58. The number of carboxylic acid groups (broad SMARTS) is 1. The number of aliphatic carboxylic acids is 1. The van der Waals surface area contributed by atoms with Crippen LogP contribution in [0.15, 0.2) is 11.6 Å². The molecule has 3 heteroatoms. The van der Waals surface area contributed by atoms with Crippen molar-refractivity contribution in [3.05, 3.63) is 11.6 Å². The van der Waals surface area contributed by atoms with E-state index in [9.17, 15) is 9.59 Å². The van der Waals surface area contributed by atoms with Crippen molar-refractivity contribution in [2.75, 3.05) is 0 Å². The van der Waals surface area contributed by atoms with Gasteiger partial charge in [-0.2, -0.15) is 0 Å². The number of hydrogen-bond acceptors (Lipinski definition) is 2. The summed E-state index contributed by atoms with van der Waals surface area (Å²) in [5.41, 5.74) is 2.01. The summed E-state index contributed by atoms with van der Waals surface area (Å²) in [4.78, 5) is 22.1. The summed E-state index contributed by atoms with van der Waals surface area (Å²) < 4.78 is 0. The van der Waals surface area contributed by atoms with E-state index in [1.807, 2.05) is 0 Å². The molecule has 5 unspecified atom stereocenters. The molecule has 1 N–H and O–H groups in total. The Hall–Kier alpha value is -1.12. The van der Waals surface area contributed by atoms with Gasteiger partial charge in [0.1, 0.15) is 6.29 Å². The first kappa shape index (κ1) is 18.2. The average Bonchev–Trinajstić information content (AvgIpc) is 2.50. The van der Waals surface area contributed by atoms with Crippen LogP contribution >= 0.6 is 0 Å². The maximum absolute atomic E-state index is 11.2. The van der Waals surface area contributed by atoms with Crippen LogP contribution in [0.1, 0.15) is 72.6 Å². The molecule has 2 aliphatic carbocycles. The quantitative estimate of drug-likeness (QED) is 0.562. The van der Waals surface area contributed by atoms with Crippen molar-refractivity contribution in [1.82, 2.24) is 0 Å².